The Morgan fingerprint density at radius 2 is 0.810 bits per heavy atom. The summed E-state index contributed by atoms with van der Waals surface area (Å²) in [6, 6.07) is 73.8. The standard InChI is InChI=1S/C54H34N4/c1-3-14-38(15-4-1)53-54(56-47-21-11-10-20-46(47)55-53)39-25-23-35(24-26-39)36-27-30-41(31-28-36)57-48-22-12-9-19-43(48)44-33-45-51(34-50(44)57)58(40-16-5-2-6-17-40)49-32-29-37-13-7-8-18-42(37)52(45)49/h1-34H. The number of fused-ring (bicyclic) bond motifs is 9. The lowest BCUT2D eigenvalue weighted by molar-refractivity contribution is 1.16. The van der Waals surface area contributed by atoms with E-state index in [0.29, 0.717) is 0 Å². The highest BCUT2D eigenvalue weighted by Crippen LogP contribution is 2.42. The number of hydrogen-bond donors (Lipinski definition) is 0. The Hall–Kier alpha value is -7.82. The smallest absolute Gasteiger partial charge is 0.0973 e. The molecule has 0 aliphatic rings. The van der Waals surface area contributed by atoms with Gasteiger partial charge in [0.05, 0.1) is 44.5 Å². The zero-order chi connectivity index (χ0) is 38.2. The average Bonchev–Trinajstić information content (AvgIpc) is 3.80. The van der Waals surface area contributed by atoms with Crippen LogP contribution < -0.4 is 0 Å². The second kappa shape index (κ2) is 12.9. The van der Waals surface area contributed by atoms with Crippen LogP contribution in [0.1, 0.15) is 0 Å². The van der Waals surface area contributed by atoms with Gasteiger partial charge in [0.15, 0.2) is 0 Å². The lowest BCUT2D eigenvalue weighted by Crippen LogP contribution is -1.96. The summed E-state index contributed by atoms with van der Waals surface area (Å²) in [5.74, 6) is 0. The van der Waals surface area contributed by atoms with Gasteiger partial charge in [-0.2, -0.15) is 0 Å². The third-order valence-corrected chi connectivity index (χ3v) is 11.7. The van der Waals surface area contributed by atoms with E-state index >= 15 is 0 Å². The lowest BCUT2D eigenvalue weighted by atomic mass is 9.99. The third kappa shape index (κ3) is 5.02. The van der Waals surface area contributed by atoms with E-state index in [9.17, 15) is 0 Å². The lowest BCUT2D eigenvalue weighted by Gasteiger charge is -2.12. The number of rotatable bonds is 5. The quantitative estimate of drug-likeness (QED) is 0.176. The van der Waals surface area contributed by atoms with Crippen LogP contribution in [0, 0.1) is 0 Å². The topological polar surface area (TPSA) is 35.6 Å². The Kier molecular flexibility index (Phi) is 7.20. The van der Waals surface area contributed by atoms with Crippen molar-refractivity contribution in [2.75, 3.05) is 0 Å². The van der Waals surface area contributed by atoms with E-state index in [-0.39, 0.29) is 0 Å². The van der Waals surface area contributed by atoms with Crippen molar-refractivity contribution in [3.63, 3.8) is 0 Å². The summed E-state index contributed by atoms with van der Waals surface area (Å²) in [6.07, 6.45) is 0. The Balaban J connectivity index is 0.990. The molecule has 3 heterocycles. The highest BCUT2D eigenvalue weighted by Gasteiger charge is 2.20. The van der Waals surface area contributed by atoms with Crippen molar-refractivity contribution in [2.24, 2.45) is 0 Å². The van der Waals surface area contributed by atoms with Crippen molar-refractivity contribution in [2.45, 2.75) is 0 Å². The summed E-state index contributed by atoms with van der Waals surface area (Å²) in [5.41, 5.74) is 15.0. The Morgan fingerprint density at radius 1 is 0.293 bits per heavy atom. The van der Waals surface area contributed by atoms with E-state index in [2.05, 4.69) is 185 Å². The minimum atomic E-state index is 0.881. The Morgan fingerprint density at radius 3 is 1.53 bits per heavy atom. The first kappa shape index (κ1) is 32.4. The molecule has 270 valence electrons. The van der Waals surface area contributed by atoms with Crippen molar-refractivity contribution in [3.05, 3.63) is 206 Å². The van der Waals surface area contributed by atoms with Gasteiger partial charge in [0.1, 0.15) is 0 Å². The minimum absolute atomic E-state index is 0.881. The van der Waals surface area contributed by atoms with Gasteiger partial charge in [-0.25, -0.2) is 9.97 Å². The zero-order valence-corrected chi connectivity index (χ0v) is 31.4. The van der Waals surface area contributed by atoms with Crippen LogP contribution in [0.3, 0.4) is 0 Å². The normalized spacial score (nSPS) is 11.8. The van der Waals surface area contributed by atoms with Crippen LogP contribution in [0.4, 0.5) is 0 Å². The summed E-state index contributed by atoms with van der Waals surface area (Å²) >= 11 is 0. The minimum Gasteiger partial charge on any atom is -0.309 e. The van der Waals surface area contributed by atoms with Crippen molar-refractivity contribution >= 4 is 65.4 Å². The van der Waals surface area contributed by atoms with Crippen LogP contribution in [0.25, 0.3) is 110 Å². The molecule has 4 heteroatoms. The van der Waals surface area contributed by atoms with Gasteiger partial charge in [-0.3, -0.25) is 0 Å². The molecule has 0 N–H and O–H groups in total. The molecule has 0 amide bonds. The van der Waals surface area contributed by atoms with Crippen molar-refractivity contribution in [1.29, 1.82) is 0 Å². The predicted molar refractivity (Wildman–Crippen MR) is 242 cm³/mol. The van der Waals surface area contributed by atoms with Crippen LogP contribution in [-0.2, 0) is 0 Å². The molecule has 0 unspecified atom stereocenters. The molecule has 0 radical (unpaired) electrons. The molecular weight excluding hydrogens is 705 g/mol. The molecule has 0 atom stereocenters. The zero-order valence-electron chi connectivity index (χ0n) is 31.4. The molecule has 4 nitrogen and oxygen atoms in total. The van der Waals surface area contributed by atoms with E-state index in [4.69, 9.17) is 9.97 Å². The maximum absolute atomic E-state index is 5.11. The Labute approximate surface area is 334 Å². The number of benzene rings is 9. The molecule has 58 heavy (non-hydrogen) atoms. The molecule has 0 fully saturated rings. The number of aromatic nitrogens is 4. The summed E-state index contributed by atoms with van der Waals surface area (Å²) in [4.78, 5) is 10.2. The summed E-state index contributed by atoms with van der Waals surface area (Å²) in [7, 11) is 0. The largest absolute Gasteiger partial charge is 0.309 e. The number of hydrogen-bond acceptors (Lipinski definition) is 2. The fourth-order valence-electron chi connectivity index (χ4n) is 9.00. The van der Waals surface area contributed by atoms with E-state index in [0.717, 1.165) is 56.0 Å². The van der Waals surface area contributed by atoms with Gasteiger partial charge in [0, 0.05) is 44.0 Å². The van der Waals surface area contributed by atoms with Crippen molar-refractivity contribution in [1.82, 2.24) is 19.1 Å². The molecular formula is C54H34N4. The van der Waals surface area contributed by atoms with E-state index in [1.165, 1.54) is 54.4 Å². The molecule has 12 rings (SSSR count). The van der Waals surface area contributed by atoms with Crippen LogP contribution in [0.15, 0.2) is 206 Å². The molecule has 0 saturated heterocycles. The third-order valence-electron chi connectivity index (χ3n) is 11.7. The first-order valence-corrected chi connectivity index (χ1v) is 19.7. The molecule has 0 aliphatic carbocycles. The van der Waals surface area contributed by atoms with Crippen LogP contribution in [0.5, 0.6) is 0 Å². The summed E-state index contributed by atoms with van der Waals surface area (Å²) in [5, 5.41) is 7.55. The average molecular weight is 739 g/mol. The summed E-state index contributed by atoms with van der Waals surface area (Å²) < 4.78 is 4.85. The van der Waals surface area contributed by atoms with E-state index in [1.807, 2.05) is 30.3 Å². The Bertz CT molecular complexity index is 3530. The van der Waals surface area contributed by atoms with Gasteiger partial charge in [-0.05, 0) is 82.6 Å². The van der Waals surface area contributed by atoms with E-state index < -0.39 is 0 Å². The SMILES string of the molecule is c1ccc(-c2nc3ccccc3nc2-c2ccc(-c3ccc(-n4c5ccccc5c5cc6c7c8ccccc8ccc7n(-c7ccccc7)c6cc54)cc3)cc2)cc1. The molecule has 0 aliphatic heterocycles. The molecule has 9 aromatic carbocycles. The highest BCUT2D eigenvalue weighted by atomic mass is 15.0. The molecule has 0 saturated carbocycles. The first-order chi connectivity index (χ1) is 28.8. The molecule has 0 bridgehead atoms. The van der Waals surface area contributed by atoms with Gasteiger partial charge in [-0.1, -0.05) is 146 Å². The fourth-order valence-corrected chi connectivity index (χ4v) is 9.00. The predicted octanol–water partition coefficient (Wildman–Crippen LogP) is 14.0. The maximum atomic E-state index is 5.11. The highest BCUT2D eigenvalue weighted by molar-refractivity contribution is 6.25. The maximum Gasteiger partial charge on any atom is 0.0973 e. The number of para-hydroxylation sites is 4. The summed E-state index contributed by atoms with van der Waals surface area (Å²) in [6.45, 7) is 0. The van der Waals surface area contributed by atoms with Crippen LogP contribution >= 0.6 is 0 Å². The van der Waals surface area contributed by atoms with Gasteiger partial charge in [0.25, 0.3) is 0 Å². The first-order valence-electron chi connectivity index (χ1n) is 19.7. The second-order valence-electron chi connectivity index (χ2n) is 15.0. The van der Waals surface area contributed by atoms with Crippen LogP contribution in [0.2, 0.25) is 0 Å². The molecule has 12 aromatic rings. The van der Waals surface area contributed by atoms with Gasteiger partial charge in [0.2, 0.25) is 0 Å². The van der Waals surface area contributed by atoms with Gasteiger partial charge >= 0.3 is 0 Å². The molecule has 3 aromatic heterocycles. The second-order valence-corrected chi connectivity index (χ2v) is 15.0. The van der Waals surface area contributed by atoms with E-state index in [1.54, 1.807) is 0 Å². The van der Waals surface area contributed by atoms with Crippen molar-refractivity contribution < 1.29 is 0 Å². The molecule has 0 spiro atoms. The fraction of sp³-hybridized carbons (Fsp3) is 0. The van der Waals surface area contributed by atoms with Crippen molar-refractivity contribution in [3.8, 4) is 45.0 Å². The van der Waals surface area contributed by atoms with Crippen LogP contribution in [-0.4, -0.2) is 19.1 Å². The van der Waals surface area contributed by atoms with Gasteiger partial charge in [-0.15, -0.1) is 0 Å². The number of nitrogens with zero attached hydrogens (tertiary/aromatic N) is 4. The van der Waals surface area contributed by atoms with Gasteiger partial charge < -0.3 is 9.13 Å². The monoisotopic (exact) mass is 738 g/mol.